The van der Waals surface area contributed by atoms with Crippen molar-refractivity contribution in [3.63, 3.8) is 0 Å². The van der Waals surface area contributed by atoms with Crippen molar-refractivity contribution in [3.8, 4) is 0 Å². The van der Waals surface area contributed by atoms with Crippen LogP contribution in [0.4, 0.5) is 0 Å². The third kappa shape index (κ3) is 3.19. The van der Waals surface area contributed by atoms with Crippen molar-refractivity contribution in [2.45, 2.75) is 44.8 Å². The fourth-order valence-corrected chi connectivity index (χ4v) is 2.65. The van der Waals surface area contributed by atoms with E-state index in [1.54, 1.807) is 0 Å². The van der Waals surface area contributed by atoms with Gasteiger partial charge in [-0.3, -0.25) is 4.79 Å². The van der Waals surface area contributed by atoms with Gasteiger partial charge in [0.05, 0.1) is 13.2 Å². The van der Waals surface area contributed by atoms with Crippen LogP contribution in [-0.4, -0.2) is 38.4 Å². The van der Waals surface area contributed by atoms with E-state index in [1.165, 1.54) is 7.11 Å². The largest absolute Gasteiger partial charge is 0.468 e. The molecule has 98 valence electrons. The summed E-state index contributed by atoms with van der Waals surface area (Å²) in [6.45, 7) is 3.88. The van der Waals surface area contributed by atoms with Gasteiger partial charge in [0.15, 0.2) is 0 Å². The highest BCUT2D eigenvalue weighted by molar-refractivity contribution is 5.76. The first-order chi connectivity index (χ1) is 8.26. The minimum Gasteiger partial charge on any atom is -0.468 e. The summed E-state index contributed by atoms with van der Waals surface area (Å²) < 4.78 is 10.5. The lowest BCUT2D eigenvalue weighted by molar-refractivity contribution is -0.143. The van der Waals surface area contributed by atoms with Gasteiger partial charge in [-0.05, 0) is 37.5 Å². The Morgan fingerprint density at radius 1 is 1.47 bits per heavy atom. The summed E-state index contributed by atoms with van der Waals surface area (Å²) >= 11 is 0. The highest BCUT2D eigenvalue weighted by Gasteiger charge is 2.37. The molecule has 1 aliphatic carbocycles. The first-order valence-electron chi connectivity index (χ1n) is 6.69. The second-order valence-electron chi connectivity index (χ2n) is 5.11. The monoisotopic (exact) mass is 241 g/mol. The van der Waals surface area contributed by atoms with Crippen molar-refractivity contribution in [1.29, 1.82) is 0 Å². The summed E-state index contributed by atoms with van der Waals surface area (Å²) in [5, 5.41) is 3.38. The van der Waals surface area contributed by atoms with Crippen molar-refractivity contribution in [2.24, 2.45) is 11.8 Å². The van der Waals surface area contributed by atoms with Crippen LogP contribution >= 0.6 is 0 Å². The van der Waals surface area contributed by atoms with Gasteiger partial charge in [-0.1, -0.05) is 6.92 Å². The molecule has 0 radical (unpaired) electrons. The van der Waals surface area contributed by atoms with Crippen molar-refractivity contribution in [2.75, 3.05) is 20.3 Å². The van der Waals surface area contributed by atoms with Gasteiger partial charge in [-0.15, -0.1) is 0 Å². The molecule has 1 aliphatic heterocycles. The van der Waals surface area contributed by atoms with Crippen LogP contribution in [0.3, 0.4) is 0 Å². The summed E-state index contributed by atoms with van der Waals surface area (Å²) in [4.78, 5) is 11.6. The van der Waals surface area contributed by atoms with E-state index in [0.717, 1.165) is 38.8 Å². The second kappa shape index (κ2) is 5.83. The molecule has 2 rings (SSSR count). The first kappa shape index (κ1) is 12.8. The van der Waals surface area contributed by atoms with Gasteiger partial charge < -0.3 is 14.8 Å². The third-order valence-electron chi connectivity index (χ3n) is 3.90. The Bertz CT molecular complexity index is 265. The highest BCUT2D eigenvalue weighted by Crippen LogP contribution is 2.33. The summed E-state index contributed by atoms with van der Waals surface area (Å²) in [6.07, 6.45) is 4.80. The lowest BCUT2D eigenvalue weighted by Crippen LogP contribution is -2.43. The smallest absolute Gasteiger partial charge is 0.323 e. The molecule has 1 heterocycles. The molecule has 0 amide bonds. The number of carbonyl (C=O) groups is 1. The van der Waals surface area contributed by atoms with Crippen LogP contribution in [0, 0.1) is 11.8 Å². The molecule has 1 N–H and O–H groups in total. The molecule has 1 saturated carbocycles. The van der Waals surface area contributed by atoms with Crippen LogP contribution in [0.5, 0.6) is 0 Å². The Kier molecular flexibility index (Phi) is 4.40. The molecule has 2 aliphatic rings. The minimum absolute atomic E-state index is 0.0990. The average molecular weight is 241 g/mol. The number of methoxy groups -OCH3 is 1. The van der Waals surface area contributed by atoms with E-state index in [0.29, 0.717) is 17.9 Å². The van der Waals surface area contributed by atoms with Crippen LogP contribution in [0.15, 0.2) is 0 Å². The van der Waals surface area contributed by atoms with E-state index in [9.17, 15) is 4.79 Å². The molecule has 0 aromatic carbocycles. The van der Waals surface area contributed by atoms with Gasteiger partial charge in [0.1, 0.15) is 6.04 Å². The number of esters is 1. The molecule has 1 saturated heterocycles. The van der Waals surface area contributed by atoms with Crippen LogP contribution in [0.1, 0.15) is 32.6 Å². The van der Waals surface area contributed by atoms with Gasteiger partial charge in [0.2, 0.25) is 0 Å². The van der Waals surface area contributed by atoms with Crippen LogP contribution in [0.2, 0.25) is 0 Å². The Hall–Kier alpha value is -0.610. The molecular weight excluding hydrogens is 218 g/mol. The fraction of sp³-hybridized carbons (Fsp3) is 0.923. The van der Waals surface area contributed by atoms with Crippen molar-refractivity contribution in [1.82, 2.24) is 5.32 Å². The molecule has 2 fully saturated rings. The zero-order chi connectivity index (χ0) is 12.3. The lowest BCUT2D eigenvalue weighted by Gasteiger charge is -2.21. The highest BCUT2D eigenvalue weighted by atomic mass is 16.5. The zero-order valence-electron chi connectivity index (χ0n) is 10.8. The summed E-state index contributed by atoms with van der Waals surface area (Å²) in [5.41, 5.74) is 0. The normalized spacial score (nSPS) is 30.2. The van der Waals surface area contributed by atoms with Crippen molar-refractivity contribution in [3.05, 3.63) is 0 Å². The molecular formula is C13H23NO3. The maximum atomic E-state index is 11.6. The quantitative estimate of drug-likeness (QED) is 0.713. The van der Waals surface area contributed by atoms with E-state index in [1.807, 2.05) is 0 Å². The number of rotatable bonds is 6. The van der Waals surface area contributed by atoms with Gasteiger partial charge >= 0.3 is 5.97 Å². The topological polar surface area (TPSA) is 47.6 Å². The Morgan fingerprint density at radius 3 is 2.82 bits per heavy atom. The third-order valence-corrected chi connectivity index (χ3v) is 3.90. The fourth-order valence-electron chi connectivity index (χ4n) is 2.65. The van der Waals surface area contributed by atoms with Gasteiger partial charge in [-0.25, -0.2) is 0 Å². The molecule has 0 aromatic heterocycles. The minimum atomic E-state index is -0.112. The predicted molar refractivity (Wildman–Crippen MR) is 64.7 cm³/mol. The van der Waals surface area contributed by atoms with E-state index >= 15 is 0 Å². The maximum Gasteiger partial charge on any atom is 0.323 e. The number of nitrogens with one attached hydrogen (secondary N) is 1. The molecule has 4 heteroatoms. The molecule has 0 spiro atoms. The molecule has 0 bridgehead atoms. The van der Waals surface area contributed by atoms with Crippen molar-refractivity contribution < 1.29 is 14.3 Å². The van der Waals surface area contributed by atoms with Crippen LogP contribution in [-0.2, 0) is 14.3 Å². The van der Waals surface area contributed by atoms with Crippen LogP contribution < -0.4 is 5.32 Å². The van der Waals surface area contributed by atoms with E-state index in [2.05, 4.69) is 12.2 Å². The maximum absolute atomic E-state index is 11.6. The van der Waals surface area contributed by atoms with E-state index in [-0.39, 0.29) is 12.0 Å². The SMILES string of the molecule is CCC1OCCC1CNC(C(=O)OC)C1CC1. The molecule has 17 heavy (non-hydrogen) atoms. The summed E-state index contributed by atoms with van der Waals surface area (Å²) in [5.74, 6) is 0.926. The number of hydrogen-bond acceptors (Lipinski definition) is 4. The van der Waals surface area contributed by atoms with Gasteiger partial charge in [0, 0.05) is 13.2 Å². The summed E-state index contributed by atoms with van der Waals surface area (Å²) in [7, 11) is 1.47. The Labute approximate surface area is 103 Å². The lowest BCUT2D eigenvalue weighted by atomic mass is 9.99. The van der Waals surface area contributed by atoms with E-state index in [4.69, 9.17) is 9.47 Å². The molecule has 4 nitrogen and oxygen atoms in total. The predicted octanol–water partition coefficient (Wildman–Crippen LogP) is 1.34. The van der Waals surface area contributed by atoms with Gasteiger partial charge in [0.25, 0.3) is 0 Å². The number of hydrogen-bond donors (Lipinski definition) is 1. The number of ether oxygens (including phenoxy) is 2. The summed E-state index contributed by atoms with van der Waals surface area (Å²) in [6, 6.07) is -0.0990. The van der Waals surface area contributed by atoms with Gasteiger partial charge in [-0.2, -0.15) is 0 Å². The Morgan fingerprint density at radius 2 is 2.24 bits per heavy atom. The Balaban J connectivity index is 1.80. The first-order valence-corrected chi connectivity index (χ1v) is 6.69. The zero-order valence-corrected chi connectivity index (χ0v) is 10.8. The standard InChI is InChI=1S/C13H23NO3/c1-3-11-10(6-7-17-11)8-14-12(9-4-5-9)13(15)16-2/h9-12,14H,3-8H2,1-2H3. The van der Waals surface area contributed by atoms with Crippen LogP contribution in [0.25, 0.3) is 0 Å². The molecule has 0 aromatic rings. The van der Waals surface area contributed by atoms with Crippen molar-refractivity contribution >= 4 is 5.97 Å². The average Bonchev–Trinajstić information content (AvgIpc) is 3.07. The number of carbonyl (C=O) groups excluding carboxylic acids is 1. The van der Waals surface area contributed by atoms with E-state index < -0.39 is 0 Å². The molecule has 3 atom stereocenters. The molecule has 3 unspecified atom stereocenters. The second-order valence-corrected chi connectivity index (χ2v) is 5.11.